The highest BCUT2D eigenvalue weighted by molar-refractivity contribution is 9.10. The van der Waals surface area contributed by atoms with Crippen molar-refractivity contribution in [3.8, 4) is 11.5 Å². The van der Waals surface area contributed by atoms with Crippen LogP contribution in [0.5, 0.6) is 11.5 Å². The molecule has 4 aromatic carbocycles. The number of hydrogen-bond acceptors (Lipinski definition) is 4. The van der Waals surface area contributed by atoms with Gasteiger partial charge in [0.1, 0.15) is 17.5 Å². The lowest BCUT2D eigenvalue weighted by Gasteiger charge is -2.39. The Kier molecular flexibility index (Phi) is 6.87. The van der Waals surface area contributed by atoms with Crippen molar-refractivity contribution >= 4 is 33.3 Å². The Morgan fingerprint density at radius 1 is 0.889 bits per heavy atom. The third kappa shape index (κ3) is 4.64. The summed E-state index contributed by atoms with van der Waals surface area (Å²) in [5, 5.41) is 0. The number of anilines is 1. The van der Waals surface area contributed by atoms with Crippen LogP contribution in [0.25, 0.3) is 0 Å². The Balaban J connectivity index is 1.67. The summed E-state index contributed by atoms with van der Waals surface area (Å²) in [4.78, 5) is 29.7. The number of ketones is 1. The molecule has 0 aliphatic carbocycles. The van der Waals surface area contributed by atoms with E-state index in [2.05, 4.69) is 15.9 Å². The smallest absolute Gasteiger partial charge is 0.259 e. The number of fused-ring (bicyclic) bond motifs is 1. The van der Waals surface area contributed by atoms with Gasteiger partial charge in [0.25, 0.3) is 5.91 Å². The number of ether oxygens (including phenoxy) is 2. The van der Waals surface area contributed by atoms with E-state index in [0.29, 0.717) is 34.9 Å². The number of halogens is 1. The maximum absolute atomic E-state index is 14.1. The molecule has 1 aliphatic heterocycles. The first kappa shape index (κ1) is 23.8. The lowest BCUT2D eigenvalue weighted by molar-refractivity contribution is 0.0730. The van der Waals surface area contributed by atoms with Crippen molar-refractivity contribution in [2.45, 2.75) is 19.1 Å². The van der Waals surface area contributed by atoms with Crippen LogP contribution in [0.2, 0.25) is 0 Å². The fraction of sp³-hybridized carbons (Fsp3) is 0.133. The van der Waals surface area contributed by atoms with Crippen molar-refractivity contribution in [2.75, 3.05) is 11.5 Å². The van der Waals surface area contributed by atoms with Crippen molar-refractivity contribution in [1.29, 1.82) is 0 Å². The van der Waals surface area contributed by atoms with E-state index in [1.807, 2.05) is 55.5 Å². The van der Waals surface area contributed by atoms with Gasteiger partial charge in [-0.05, 0) is 73.2 Å². The van der Waals surface area contributed by atoms with Crippen molar-refractivity contribution in [3.63, 3.8) is 0 Å². The van der Waals surface area contributed by atoms with Gasteiger partial charge in [0.2, 0.25) is 0 Å². The maximum Gasteiger partial charge on any atom is 0.259 e. The van der Waals surface area contributed by atoms with Crippen molar-refractivity contribution < 1.29 is 19.1 Å². The van der Waals surface area contributed by atoms with Crippen LogP contribution in [-0.4, -0.2) is 24.3 Å². The maximum atomic E-state index is 14.1. The monoisotopic (exact) mass is 541 g/mol. The standard InChI is InChI=1S/C30H24BrNO4/c1-2-35-24-18-16-23(17-19-24)32(30(34)21-12-14-22(31)15-13-21)27-28(33)25-10-6-7-11-26(25)36-29(27)20-8-4-3-5-9-20/h3-19,27,29H,2H2,1H3. The molecular weight excluding hydrogens is 518 g/mol. The zero-order chi connectivity index (χ0) is 25.1. The quantitative estimate of drug-likeness (QED) is 0.267. The molecule has 36 heavy (non-hydrogen) atoms. The van der Waals surface area contributed by atoms with Gasteiger partial charge >= 0.3 is 0 Å². The molecule has 0 N–H and O–H groups in total. The first-order valence-electron chi connectivity index (χ1n) is 11.7. The van der Waals surface area contributed by atoms with E-state index in [1.54, 1.807) is 59.5 Å². The average molecular weight is 542 g/mol. The second-order valence-corrected chi connectivity index (χ2v) is 9.28. The minimum atomic E-state index is -0.920. The molecule has 4 aromatic rings. The molecule has 0 saturated carbocycles. The fourth-order valence-electron chi connectivity index (χ4n) is 4.42. The van der Waals surface area contributed by atoms with Gasteiger partial charge in [-0.15, -0.1) is 0 Å². The molecule has 180 valence electrons. The zero-order valence-corrected chi connectivity index (χ0v) is 21.2. The van der Waals surface area contributed by atoms with Gasteiger partial charge in [0.05, 0.1) is 12.2 Å². The Morgan fingerprint density at radius 3 is 2.25 bits per heavy atom. The Hall–Kier alpha value is -3.90. The van der Waals surface area contributed by atoms with Crippen LogP contribution in [0, 0.1) is 0 Å². The lowest BCUT2D eigenvalue weighted by Crippen LogP contribution is -2.52. The summed E-state index contributed by atoms with van der Waals surface area (Å²) in [5.41, 5.74) is 2.30. The highest BCUT2D eigenvalue weighted by Crippen LogP contribution is 2.40. The van der Waals surface area contributed by atoms with Crippen molar-refractivity contribution in [2.24, 2.45) is 0 Å². The molecule has 2 atom stereocenters. The van der Waals surface area contributed by atoms with Crippen LogP contribution in [0.4, 0.5) is 5.69 Å². The molecule has 0 bridgehead atoms. The molecule has 0 fully saturated rings. The average Bonchev–Trinajstić information content (AvgIpc) is 2.92. The molecule has 1 aliphatic rings. The first-order chi connectivity index (χ1) is 17.6. The second kappa shape index (κ2) is 10.4. The number of Topliss-reactive ketones (excluding diaryl/α,β-unsaturated/α-hetero) is 1. The lowest BCUT2D eigenvalue weighted by atomic mass is 9.89. The molecule has 1 amide bonds. The molecule has 2 unspecified atom stereocenters. The van der Waals surface area contributed by atoms with Gasteiger partial charge in [-0.1, -0.05) is 58.4 Å². The minimum Gasteiger partial charge on any atom is -0.494 e. The van der Waals surface area contributed by atoms with Crippen LogP contribution in [0.3, 0.4) is 0 Å². The molecule has 0 spiro atoms. The summed E-state index contributed by atoms with van der Waals surface area (Å²) in [6.07, 6.45) is -0.695. The zero-order valence-electron chi connectivity index (χ0n) is 19.6. The number of rotatable bonds is 6. The molecule has 1 heterocycles. The predicted octanol–water partition coefficient (Wildman–Crippen LogP) is 6.88. The van der Waals surface area contributed by atoms with Crippen LogP contribution in [-0.2, 0) is 0 Å². The molecule has 0 saturated heterocycles. The number of carbonyl (C=O) groups is 2. The van der Waals surface area contributed by atoms with Crippen LogP contribution in [0.15, 0.2) is 108 Å². The van der Waals surface area contributed by atoms with Gasteiger partial charge in [0.15, 0.2) is 11.9 Å². The number of carbonyl (C=O) groups excluding carboxylic acids is 2. The van der Waals surface area contributed by atoms with E-state index in [0.717, 1.165) is 10.0 Å². The van der Waals surface area contributed by atoms with Gasteiger partial charge in [-0.25, -0.2) is 0 Å². The number of amides is 1. The van der Waals surface area contributed by atoms with Gasteiger partial charge < -0.3 is 9.47 Å². The molecule has 6 heteroatoms. The molecule has 0 radical (unpaired) electrons. The number of hydrogen-bond donors (Lipinski definition) is 0. The van der Waals surface area contributed by atoms with E-state index in [1.165, 1.54) is 0 Å². The second-order valence-electron chi connectivity index (χ2n) is 8.36. The summed E-state index contributed by atoms with van der Waals surface area (Å²) in [6, 6.07) is 30.1. The largest absolute Gasteiger partial charge is 0.494 e. The SMILES string of the molecule is CCOc1ccc(N(C(=O)c2ccc(Br)cc2)C2C(=O)c3ccccc3OC2c2ccccc2)cc1. The number of nitrogens with zero attached hydrogens (tertiary/aromatic N) is 1. The fourth-order valence-corrected chi connectivity index (χ4v) is 4.69. The third-order valence-corrected chi connectivity index (χ3v) is 6.63. The summed E-state index contributed by atoms with van der Waals surface area (Å²) in [6.45, 7) is 2.44. The van der Waals surface area contributed by atoms with Crippen LogP contribution < -0.4 is 14.4 Å². The van der Waals surface area contributed by atoms with Gasteiger partial charge in [0, 0.05) is 15.7 Å². The highest BCUT2D eigenvalue weighted by Gasteiger charge is 2.44. The molecule has 5 nitrogen and oxygen atoms in total. The molecule has 5 rings (SSSR count). The summed E-state index contributed by atoms with van der Waals surface area (Å²) in [7, 11) is 0. The van der Waals surface area contributed by atoms with Crippen LogP contribution >= 0.6 is 15.9 Å². The van der Waals surface area contributed by atoms with Crippen molar-refractivity contribution in [1.82, 2.24) is 0 Å². The summed E-state index contributed by atoms with van der Waals surface area (Å²) < 4.78 is 12.9. The number of benzene rings is 4. The Bertz CT molecular complexity index is 1370. The minimum absolute atomic E-state index is 0.176. The first-order valence-corrected chi connectivity index (χ1v) is 12.5. The van der Waals surface area contributed by atoms with Gasteiger partial charge in [-0.3, -0.25) is 14.5 Å². The van der Waals surface area contributed by atoms with E-state index in [-0.39, 0.29) is 11.7 Å². The van der Waals surface area contributed by atoms with Crippen molar-refractivity contribution in [3.05, 3.63) is 124 Å². The Morgan fingerprint density at radius 2 is 1.56 bits per heavy atom. The van der Waals surface area contributed by atoms with E-state index >= 15 is 0 Å². The molecule has 0 aromatic heterocycles. The van der Waals surface area contributed by atoms with Crippen LogP contribution in [0.1, 0.15) is 39.3 Å². The summed E-state index contributed by atoms with van der Waals surface area (Å²) in [5.74, 6) is 0.725. The Labute approximate surface area is 218 Å². The predicted molar refractivity (Wildman–Crippen MR) is 143 cm³/mol. The number of para-hydroxylation sites is 1. The normalized spacial score (nSPS) is 16.6. The highest BCUT2D eigenvalue weighted by atomic mass is 79.9. The van der Waals surface area contributed by atoms with Gasteiger partial charge in [-0.2, -0.15) is 0 Å². The topological polar surface area (TPSA) is 55.8 Å². The summed E-state index contributed by atoms with van der Waals surface area (Å²) >= 11 is 3.43. The third-order valence-electron chi connectivity index (χ3n) is 6.10. The van der Waals surface area contributed by atoms with E-state index < -0.39 is 12.1 Å². The van der Waals surface area contributed by atoms with E-state index in [9.17, 15) is 9.59 Å². The molecular formula is C30H24BrNO4. The van der Waals surface area contributed by atoms with E-state index in [4.69, 9.17) is 9.47 Å².